The number of nitrogens with zero attached hydrogens (tertiary/aromatic N) is 1. The van der Waals surface area contributed by atoms with Crippen molar-refractivity contribution in [1.82, 2.24) is 15.3 Å². The monoisotopic (exact) mass is 266 g/mol. The van der Waals surface area contributed by atoms with Gasteiger partial charge in [0.1, 0.15) is 5.82 Å². The van der Waals surface area contributed by atoms with Gasteiger partial charge in [0, 0.05) is 18.8 Å². The van der Waals surface area contributed by atoms with Crippen LogP contribution in [0.25, 0.3) is 0 Å². The summed E-state index contributed by atoms with van der Waals surface area (Å²) in [6.45, 7) is 7.00. The van der Waals surface area contributed by atoms with E-state index >= 15 is 0 Å². The molecule has 4 N–H and O–H groups in total. The number of carbonyl (C=O) groups excluding carboxylic acids is 1. The number of hydrogen-bond donors (Lipinski definition) is 3. The molecule has 0 aliphatic heterocycles. The quantitative estimate of drug-likeness (QED) is 0.674. The van der Waals surface area contributed by atoms with Gasteiger partial charge in [0.15, 0.2) is 0 Å². The molecule has 0 bridgehead atoms. The molecule has 1 amide bonds. The van der Waals surface area contributed by atoms with E-state index in [0.717, 1.165) is 25.1 Å². The lowest BCUT2D eigenvalue weighted by Gasteiger charge is -2.24. The average molecular weight is 266 g/mol. The average Bonchev–Trinajstić information content (AvgIpc) is 2.87. The van der Waals surface area contributed by atoms with Crippen LogP contribution in [-0.2, 0) is 4.79 Å². The highest BCUT2D eigenvalue weighted by atomic mass is 16.1. The zero-order valence-electron chi connectivity index (χ0n) is 12.2. The Kier molecular flexibility index (Phi) is 6.02. The highest BCUT2D eigenvalue weighted by Gasteiger charge is 2.20. The third kappa shape index (κ3) is 5.42. The first-order valence-electron chi connectivity index (χ1n) is 6.97. The first-order valence-corrected chi connectivity index (χ1v) is 6.97. The lowest BCUT2D eigenvalue weighted by atomic mass is 9.84. The molecule has 0 radical (unpaired) electrons. The van der Waals surface area contributed by atoms with E-state index in [0.29, 0.717) is 13.0 Å². The molecule has 0 spiro atoms. The Hall–Kier alpha value is -1.36. The molecule has 1 rings (SSSR count). The van der Waals surface area contributed by atoms with Gasteiger partial charge in [-0.25, -0.2) is 4.98 Å². The Morgan fingerprint density at radius 3 is 2.79 bits per heavy atom. The molecule has 1 atom stereocenters. The Labute approximate surface area is 115 Å². The molecule has 1 unspecified atom stereocenters. The van der Waals surface area contributed by atoms with Gasteiger partial charge < -0.3 is 16.0 Å². The third-order valence-corrected chi connectivity index (χ3v) is 3.44. The predicted octanol–water partition coefficient (Wildman–Crippen LogP) is 2.13. The Morgan fingerprint density at radius 2 is 2.26 bits per heavy atom. The third-order valence-electron chi connectivity index (χ3n) is 3.44. The van der Waals surface area contributed by atoms with Crippen LogP contribution in [0.2, 0.25) is 0 Å². The summed E-state index contributed by atoms with van der Waals surface area (Å²) in [5.74, 6) is 0.894. The van der Waals surface area contributed by atoms with Crippen molar-refractivity contribution in [3.63, 3.8) is 0 Å². The van der Waals surface area contributed by atoms with Gasteiger partial charge >= 0.3 is 0 Å². The fourth-order valence-electron chi connectivity index (χ4n) is 2.07. The van der Waals surface area contributed by atoms with Crippen molar-refractivity contribution >= 4 is 5.91 Å². The van der Waals surface area contributed by atoms with Crippen molar-refractivity contribution in [2.24, 2.45) is 11.1 Å². The lowest BCUT2D eigenvalue weighted by molar-refractivity contribution is -0.122. The number of carbonyl (C=O) groups is 1. The molecule has 0 aliphatic rings. The minimum Gasteiger partial charge on any atom is -0.347 e. The van der Waals surface area contributed by atoms with Gasteiger partial charge in [0.05, 0.1) is 6.04 Å². The van der Waals surface area contributed by atoms with Crippen molar-refractivity contribution in [1.29, 1.82) is 0 Å². The highest BCUT2D eigenvalue weighted by Crippen LogP contribution is 2.26. The standard InChI is InChI=1S/C14H26N4O/c1-4-11(13-16-9-10-17-13)18-12(19)5-6-14(2,3)7-8-15/h9-11H,4-8,15H2,1-3H3,(H,16,17)(H,18,19). The van der Waals surface area contributed by atoms with Crippen LogP contribution >= 0.6 is 0 Å². The molecule has 1 aromatic rings. The summed E-state index contributed by atoms with van der Waals surface area (Å²) in [7, 11) is 0. The second-order valence-electron chi connectivity index (χ2n) is 5.71. The SMILES string of the molecule is CCC(NC(=O)CCC(C)(C)CCN)c1ncc[nH]1. The zero-order chi connectivity index (χ0) is 14.3. The van der Waals surface area contributed by atoms with Gasteiger partial charge in [-0.05, 0) is 31.2 Å². The van der Waals surface area contributed by atoms with Crippen LogP contribution in [0.5, 0.6) is 0 Å². The summed E-state index contributed by atoms with van der Waals surface area (Å²) in [6, 6.07) is -0.0277. The Bertz CT molecular complexity index is 373. The van der Waals surface area contributed by atoms with E-state index in [4.69, 9.17) is 5.73 Å². The number of amides is 1. The van der Waals surface area contributed by atoms with Crippen molar-refractivity contribution in [2.45, 2.75) is 52.5 Å². The summed E-state index contributed by atoms with van der Waals surface area (Å²) >= 11 is 0. The summed E-state index contributed by atoms with van der Waals surface area (Å²) in [6.07, 6.45) is 6.62. The van der Waals surface area contributed by atoms with E-state index in [1.807, 2.05) is 6.92 Å². The highest BCUT2D eigenvalue weighted by molar-refractivity contribution is 5.76. The molecule has 5 heteroatoms. The maximum atomic E-state index is 12.0. The van der Waals surface area contributed by atoms with Gasteiger partial charge in [-0.2, -0.15) is 0 Å². The second-order valence-corrected chi connectivity index (χ2v) is 5.71. The van der Waals surface area contributed by atoms with E-state index in [1.54, 1.807) is 12.4 Å². The number of imidazole rings is 1. The summed E-state index contributed by atoms with van der Waals surface area (Å²) in [5.41, 5.74) is 5.70. The van der Waals surface area contributed by atoms with Gasteiger partial charge in [0.25, 0.3) is 0 Å². The van der Waals surface area contributed by atoms with Crippen LogP contribution < -0.4 is 11.1 Å². The molecule has 0 saturated carbocycles. The minimum absolute atomic E-state index is 0.0277. The van der Waals surface area contributed by atoms with Crippen LogP contribution in [0.15, 0.2) is 12.4 Å². The maximum absolute atomic E-state index is 12.0. The number of rotatable bonds is 8. The minimum atomic E-state index is -0.0277. The zero-order valence-corrected chi connectivity index (χ0v) is 12.2. The van der Waals surface area contributed by atoms with Crippen LogP contribution in [0, 0.1) is 5.41 Å². The molecule has 19 heavy (non-hydrogen) atoms. The molecule has 0 saturated heterocycles. The van der Waals surface area contributed by atoms with Gasteiger partial charge in [-0.1, -0.05) is 20.8 Å². The Balaban J connectivity index is 2.42. The molecule has 0 aliphatic carbocycles. The second kappa shape index (κ2) is 7.28. The predicted molar refractivity (Wildman–Crippen MR) is 76.4 cm³/mol. The van der Waals surface area contributed by atoms with Crippen LogP contribution in [-0.4, -0.2) is 22.4 Å². The largest absolute Gasteiger partial charge is 0.347 e. The number of nitrogens with one attached hydrogen (secondary N) is 2. The van der Waals surface area contributed by atoms with Crippen molar-refractivity contribution in [2.75, 3.05) is 6.54 Å². The topological polar surface area (TPSA) is 83.8 Å². The first kappa shape index (κ1) is 15.7. The number of hydrogen-bond acceptors (Lipinski definition) is 3. The van der Waals surface area contributed by atoms with E-state index in [9.17, 15) is 4.79 Å². The smallest absolute Gasteiger partial charge is 0.220 e. The number of aromatic nitrogens is 2. The van der Waals surface area contributed by atoms with Crippen LogP contribution in [0.1, 0.15) is 58.3 Å². The number of nitrogens with two attached hydrogens (primary N) is 1. The normalized spacial score (nSPS) is 13.3. The molecule has 0 fully saturated rings. The van der Waals surface area contributed by atoms with Crippen molar-refractivity contribution in [3.05, 3.63) is 18.2 Å². The van der Waals surface area contributed by atoms with Gasteiger partial charge in [0.2, 0.25) is 5.91 Å². The summed E-state index contributed by atoms with van der Waals surface area (Å²) in [4.78, 5) is 19.2. The fraction of sp³-hybridized carbons (Fsp3) is 0.714. The molecular weight excluding hydrogens is 240 g/mol. The first-order chi connectivity index (χ1) is 8.98. The number of H-pyrrole nitrogens is 1. The molecular formula is C14H26N4O. The molecule has 108 valence electrons. The fourth-order valence-corrected chi connectivity index (χ4v) is 2.07. The molecule has 1 aromatic heterocycles. The number of aromatic amines is 1. The van der Waals surface area contributed by atoms with Crippen molar-refractivity contribution in [3.8, 4) is 0 Å². The summed E-state index contributed by atoms with van der Waals surface area (Å²) in [5, 5.41) is 3.02. The van der Waals surface area contributed by atoms with Crippen molar-refractivity contribution < 1.29 is 4.79 Å². The lowest BCUT2D eigenvalue weighted by Crippen LogP contribution is -2.30. The maximum Gasteiger partial charge on any atom is 0.220 e. The Morgan fingerprint density at radius 1 is 1.53 bits per heavy atom. The van der Waals surface area contributed by atoms with Crippen LogP contribution in [0.3, 0.4) is 0 Å². The molecule has 5 nitrogen and oxygen atoms in total. The van der Waals surface area contributed by atoms with Gasteiger partial charge in [-0.3, -0.25) is 4.79 Å². The van der Waals surface area contributed by atoms with E-state index in [-0.39, 0.29) is 17.4 Å². The van der Waals surface area contributed by atoms with E-state index in [1.165, 1.54) is 0 Å². The van der Waals surface area contributed by atoms with Gasteiger partial charge in [-0.15, -0.1) is 0 Å². The van der Waals surface area contributed by atoms with E-state index < -0.39 is 0 Å². The molecule has 0 aromatic carbocycles. The van der Waals surface area contributed by atoms with Crippen LogP contribution in [0.4, 0.5) is 0 Å². The summed E-state index contributed by atoms with van der Waals surface area (Å²) < 4.78 is 0. The van der Waals surface area contributed by atoms with E-state index in [2.05, 4.69) is 29.1 Å². The molecule has 1 heterocycles.